The fourth-order valence-electron chi connectivity index (χ4n) is 0.575. The first-order valence-electron chi connectivity index (χ1n) is 2.86. The Morgan fingerprint density at radius 2 is 1.88 bits per heavy atom. The SMILES string of the molecule is CC(C)C[C@H](Cl)CCl. The van der Waals surface area contributed by atoms with Crippen LogP contribution in [0, 0.1) is 5.92 Å². The fraction of sp³-hybridized carbons (Fsp3) is 1.00. The van der Waals surface area contributed by atoms with Crippen molar-refractivity contribution in [2.45, 2.75) is 25.6 Å². The van der Waals surface area contributed by atoms with Crippen LogP contribution in [0.2, 0.25) is 0 Å². The lowest BCUT2D eigenvalue weighted by atomic mass is 10.1. The maximum atomic E-state index is 5.73. The van der Waals surface area contributed by atoms with Gasteiger partial charge in [-0.3, -0.25) is 0 Å². The summed E-state index contributed by atoms with van der Waals surface area (Å²) in [5.41, 5.74) is 0. The number of hydrogen-bond donors (Lipinski definition) is 0. The van der Waals surface area contributed by atoms with E-state index < -0.39 is 0 Å². The topological polar surface area (TPSA) is 0 Å². The molecule has 0 fully saturated rings. The van der Waals surface area contributed by atoms with Crippen LogP contribution in [0.3, 0.4) is 0 Å². The third-order valence-electron chi connectivity index (χ3n) is 0.895. The molecule has 0 saturated carbocycles. The van der Waals surface area contributed by atoms with E-state index in [0.717, 1.165) is 6.42 Å². The summed E-state index contributed by atoms with van der Waals surface area (Å²) in [4.78, 5) is 0. The Morgan fingerprint density at radius 1 is 1.38 bits per heavy atom. The molecule has 0 aromatic carbocycles. The standard InChI is InChI=1S/C6H12Cl2/c1-5(2)3-6(8)4-7/h5-6H,3-4H2,1-2H3/t6-/m0/s1. The van der Waals surface area contributed by atoms with E-state index in [0.29, 0.717) is 11.8 Å². The maximum Gasteiger partial charge on any atom is 0.0473 e. The van der Waals surface area contributed by atoms with Gasteiger partial charge in [-0.1, -0.05) is 13.8 Å². The van der Waals surface area contributed by atoms with Gasteiger partial charge in [-0.05, 0) is 12.3 Å². The molecule has 0 aromatic heterocycles. The van der Waals surface area contributed by atoms with Gasteiger partial charge in [0.2, 0.25) is 0 Å². The van der Waals surface area contributed by atoms with Crippen molar-refractivity contribution in [3.63, 3.8) is 0 Å². The first kappa shape index (κ1) is 8.58. The average Bonchev–Trinajstić information content (AvgIpc) is 1.65. The zero-order valence-corrected chi connectivity index (χ0v) is 6.84. The van der Waals surface area contributed by atoms with E-state index in [4.69, 9.17) is 23.2 Å². The molecule has 8 heavy (non-hydrogen) atoms. The van der Waals surface area contributed by atoms with Gasteiger partial charge in [0.15, 0.2) is 0 Å². The Balaban J connectivity index is 3.10. The highest BCUT2D eigenvalue weighted by atomic mass is 35.5. The molecule has 0 bridgehead atoms. The van der Waals surface area contributed by atoms with E-state index in [-0.39, 0.29) is 5.38 Å². The van der Waals surface area contributed by atoms with E-state index in [2.05, 4.69) is 13.8 Å². The monoisotopic (exact) mass is 154 g/mol. The predicted octanol–water partition coefficient (Wildman–Crippen LogP) is 2.88. The minimum Gasteiger partial charge on any atom is -0.125 e. The molecule has 0 aliphatic carbocycles. The van der Waals surface area contributed by atoms with Crippen molar-refractivity contribution in [2.75, 3.05) is 5.88 Å². The predicted molar refractivity (Wildman–Crippen MR) is 39.8 cm³/mol. The zero-order valence-electron chi connectivity index (χ0n) is 5.32. The van der Waals surface area contributed by atoms with Crippen LogP contribution in [0.5, 0.6) is 0 Å². The van der Waals surface area contributed by atoms with Gasteiger partial charge in [0.25, 0.3) is 0 Å². The van der Waals surface area contributed by atoms with Crippen LogP contribution < -0.4 is 0 Å². The largest absolute Gasteiger partial charge is 0.125 e. The summed E-state index contributed by atoms with van der Waals surface area (Å²) in [6, 6.07) is 0. The first-order chi connectivity index (χ1) is 3.66. The van der Waals surface area contributed by atoms with Crippen LogP contribution in [-0.4, -0.2) is 11.3 Å². The molecule has 0 aliphatic rings. The molecule has 0 rings (SSSR count). The highest BCUT2D eigenvalue weighted by molar-refractivity contribution is 6.28. The second-order valence-electron chi connectivity index (χ2n) is 2.38. The van der Waals surface area contributed by atoms with E-state index in [1.807, 2.05) is 0 Å². The molecule has 0 radical (unpaired) electrons. The van der Waals surface area contributed by atoms with Crippen LogP contribution in [0.15, 0.2) is 0 Å². The molecule has 0 nitrogen and oxygen atoms in total. The van der Waals surface area contributed by atoms with Gasteiger partial charge in [0.1, 0.15) is 0 Å². The zero-order chi connectivity index (χ0) is 6.57. The Labute approximate surface area is 61.2 Å². The van der Waals surface area contributed by atoms with Gasteiger partial charge in [0, 0.05) is 11.3 Å². The molecule has 0 amide bonds. The average molecular weight is 155 g/mol. The van der Waals surface area contributed by atoms with E-state index in [1.165, 1.54) is 0 Å². The van der Waals surface area contributed by atoms with Crippen molar-refractivity contribution in [1.29, 1.82) is 0 Å². The summed E-state index contributed by atoms with van der Waals surface area (Å²) < 4.78 is 0. The van der Waals surface area contributed by atoms with E-state index in [1.54, 1.807) is 0 Å². The van der Waals surface area contributed by atoms with Gasteiger partial charge in [0.05, 0.1) is 0 Å². The molecule has 0 heterocycles. The molecule has 0 spiro atoms. The van der Waals surface area contributed by atoms with Crippen molar-refractivity contribution < 1.29 is 0 Å². The van der Waals surface area contributed by atoms with Crippen molar-refractivity contribution in [2.24, 2.45) is 5.92 Å². The number of hydrogen-bond acceptors (Lipinski definition) is 0. The molecule has 0 saturated heterocycles. The Kier molecular flexibility index (Phi) is 4.78. The quantitative estimate of drug-likeness (QED) is 0.549. The van der Waals surface area contributed by atoms with Crippen molar-refractivity contribution >= 4 is 23.2 Å². The third kappa shape index (κ3) is 4.73. The van der Waals surface area contributed by atoms with Crippen LogP contribution in [0.4, 0.5) is 0 Å². The smallest absolute Gasteiger partial charge is 0.0473 e. The Morgan fingerprint density at radius 3 is 2.00 bits per heavy atom. The minimum absolute atomic E-state index is 0.164. The van der Waals surface area contributed by atoms with Crippen LogP contribution in [-0.2, 0) is 0 Å². The normalized spacial score (nSPS) is 14.6. The summed E-state index contributed by atoms with van der Waals surface area (Å²) in [7, 11) is 0. The van der Waals surface area contributed by atoms with Crippen molar-refractivity contribution in [1.82, 2.24) is 0 Å². The van der Waals surface area contributed by atoms with Gasteiger partial charge in [-0.15, -0.1) is 23.2 Å². The van der Waals surface area contributed by atoms with Gasteiger partial charge in [-0.2, -0.15) is 0 Å². The number of alkyl halides is 2. The second-order valence-corrected chi connectivity index (χ2v) is 3.31. The minimum atomic E-state index is 0.164. The summed E-state index contributed by atoms with van der Waals surface area (Å²) >= 11 is 11.2. The molecule has 0 aromatic rings. The summed E-state index contributed by atoms with van der Waals surface area (Å²) in [5.74, 6) is 1.23. The number of rotatable bonds is 3. The fourth-order valence-corrected chi connectivity index (χ4v) is 1.06. The molecule has 1 atom stereocenters. The highest BCUT2D eigenvalue weighted by Crippen LogP contribution is 2.11. The number of halogens is 2. The lowest BCUT2D eigenvalue weighted by Crippen LogP contribution is -2.03. The van der Waals surface area contributed by atoms with Crippen LogP contribution >= 0.6 is 23.2 Å². The molecular formula is C6H12Cl2. The summed E-state index contributed by atoms with van der Waals surface area (Å²) in [6.45, 7) is 4.28. The van der Waals surface area contributed by atoms with Gasteiger partial charge < -0.3 is 0 Å². The molecule has 0 aliphatic heterocycles. The molecule has 2 heteroatoms. The lowest BCUT2D eigenvalue weighted by Gasteiger charge is -2.06. The molecule has 0 unspecified atom stereocenters. The maximum absolute atomic E-state index is 5.73. The Hall–Kier alpha value is 0.580. The molecular weight excluding hydrogens is 143 g/mol. The molecule has 0 N–H and O–H groups in total. The first-order valence-corrected chi connectivity index (χ1v) is 3.84. The molecule has 50 valence electrons. The van der Waals surface area contributed by atoms with Crippen LogP contribution in [0.1, 0.15) is 20.3 Å². The highest BCUT2D eigenvalue weighted by Gasteiger charge is 2.03. The lowest BCUT2D eigenvalue weighted by molar-refractivity contribution is 0.583. The second kappa shape index (κ2) is 4.46. The Bertz CT molecular complexity index is 52.5. The van der Waals surface area contributed by atoms with Crippen LogP contribution in [0.25, 0.3) is 0 Å². The van der Waals surface area contributed by atoms with Crippen molar-refractivity contribution in [3.8, 4) is 0 Å². The summed E-state index contributed by atoms with van der Waals surface area (Å²) in [5, 5.41) is 0.164. The van der Waals surface area contributed by atoms with Gasteiger partial charge in [-0.25, -0.2) is 0 Å². The van der Waals surface area contributed by atoms with E-state index >= 15 is 0 Å². The third-order valence-corrected chi connectivity index (χ3v) is 1.76. The van der Waals surface area contributed by atoms with Gasteiger partial charge >= 0.3 is 0 Å². The van der Waals surface area contributed by atoms with E-state index in [9.17, 15) is 0 Å². The summed E-state index contributed by atoms with van der Waals surface area (Å²) in [6.07, 6.45) is 1.02. The van der Waals surface area contributed by atoms with Crippen molar-refractivity contribution in [3.05, 3.63) is 0 Å².